The van der Waals surface area contributed by atoms with Gasteiger partial charge in [-0.2, -0.15) is 10.1 Å². The molecule has 0 bridgehead atoms. The summed E-state index contributed by atoms with van der Waals surface area (Å²) in [4.78, 5) is 29.5. The highest BCUT2D eigenvalue weighted by Gasteiger charge is 2.23. The molecule has 8 nitrogen and oxygen atoms in total. The number of thiazole rings is 1. The fourth-order valence-corrected chi connectivity index (χ4v) is 5.09. The van der Waals surface area contributed by atoms with Gasteiger partial charge in [-0.15, -0.1) is 0 Å². The van der Waals surface area contributed by atoms with Gasteiger partial charge in [0.2, 0.25) is 5.13 Å². The number of anilines is 1. The van der Waals surface area contributed by atoms with Crippen LogP contribution in [0.3, 0.4) is 0 Å². The summed E-state index contributed by atoms with van der Waals surface area (Å²) in [5, 5.41) is 18.8. The number of nitrogens with zero attached hydrogens (tertiary/aromatic N) is 4. The second-order valence-corrected chi connectivity index (χ2v) is 9.25. The number of hydrogen-bond acceptors (Lipinski definition) is 8. The van der Waals surface area contributed by atoms with Crippen LogP contribution in [-0.2, 0) is 0 Å². The zero-order valence-electron chi connectivity index (χ0n) is 17.7. The molecule has 0 saturated carbocycles. The fourth-order valence-electron chi connectivity index (χ4n) is 3.45. The van der Waals surface area contributed by atoms with E-state index in [2.05, 4.69) is 10.1 Å². The van der Waals surface area contributed by atoms with Crippen LogP contribution in [-0.4, -0.2) is 29.1 Å². The van der Waals surface area contributed by atoms with Gasteiger partial charge in [0.05, 0.1) is 33.3 Å². The van der Waals surface area contributed by atoms with Crippen LogP contribution < -0.4 is 9.75 Å². The van der Waals surface area contributed by atoms with Crippen molar-refractivity contribution < 1.29 is 14.5 Å². The first-order valence-corrected chi connectivity index (χ1v) is 11.7. The molecule has 3 aromatic carbocycles. The lowest BCUT2D eigenvalue weighted by Gasteiger charge is -2.15. The number of ether oxygens (including phenoxy) is 1. The van der Waals surface area contributed by atoms with E-state index < -0.39 is 4.92 Å². The lowest BCUT2D eigenvalue weighted by atomic mass is 10.0. The Morgan fingerprint density at radius 3 is 2.71 bits per heavy atom. The lowest BCUT2D eigenvalue weighted by molar-refractivity contribution is -0.380. The van der Waals surface area contributed by atoms with E-state index >= 15 is 0 Å². The maximum absolute atomic E-state index is 13.7. The number of methoxy groups -OCH3 is 1. The lowest BCUT2D eigenvalue weighted by Crippen LogP contribution is -2.25. The average molecular weight is 489 g/mol. The first-order chi connectivity index (χ1) is 16.5. The van der Waals surface area contributed by atoms with Gasteiger partial charge in [0.25, 0.3) is 5.91 Å². The molecule has 10 heteroatoms. The van der Waals surface area contributed by atoms with Gasteiger partial charge in [-0.1, -0.05) is 59.1 Å². The molecule has 0 atom stereocenters. The molecule has 1 amide bonds. The standard InChI is InChI=1S/C24H16N4O4S2/c1-32-16-9-11-20-21(13-16)34-24(26-20)27(25-14-17-10-12-22(33-17)28(30)31)23(29)19-8-4-6-15-5-2-3-7-18(15)19/h2-14H,1H3/b25-14+. The van der Waals surface area contributed by atoms with Crippen LogP contribution in [0.4, 0.5) is 10.1 Å². The molecular weight excluding hydrogens is 472 g/mol. The molecule has 0 aliphatic rings. The van der Waals surface area contributed by atoms with Crippen molar-refractivity contribution in [2.45, 2.75) is 0 Å². The van der Waals surface area contributed by atoms with Crippen molar-refractivity contribution in [2.24, 2.45) is 5.10 Å². The van der Waals surface area contributed by atoms with Crippen molar-refractivity contribution in [1.82, 2.24) is 4.98 Å². The number of carbonyl (C=O) groups excluding carboxylic acids is 1. The Kier molecular flexibility index (Phi) is 5.74. The highest BCUT2D eigenvalue weighted by Crippen LogP contribution is 2.33. The Bertz CT molecular complexity index is 1570. The van der Waals surface area contributed by atoms with Crippen molar-refractivity contribution in [3.8, 4) is 5.75 Å². The molecule has 0 spiro atoms. The molecule has 0 aliphatic heterocycles. The monoisotopic (exact) mass is 488 g/mol. The van der Waals surface area contributed by atoms with E-state index in [-0.39, 0.29) is 10.9 Å². The van der Waals surface area contributed by atoms with Gasteiger partial charge < -0.3 is 4.74 Å². The maximum Gasteiger partial charge on any atom is 0.324 e. The van der Waals surface area contributed by atoms with Crippen LogP contribution in [0.15, 0.2) is 77.9 Å². The van der Waals surface area contributed by atoms with Gasteiger partial charge in [0, 0.05) is 11.6 Å². The van der Waals surface area contributed by atoms with Gasteiger partial charge in [-0.25, -0.2) is 4.98 Å². The quantitative estimate of drug-likeness (QED) is 0.163. The fraction of sp³-hybridized carbons (Fsp3) is 0.0417. The van der Waals surface area contributed by atoms with E-state index in [0.29, 0.717) is 26.8 Å². The van der Waals surface area contributed by atoms with E-state index in [4.69, 9.17) is 4.74 Å². The molecule has 5 aromatic rings. The summed E-state index contributed by atoms with van der Waals surface area (Å²) in [5.74, 6) is 0.328. The number of carbonyl (C=O) groups is 1. The van der Waals surface area contributed by atoms with Gasteiger partial charge >= 0.3 is 5.00 Å². The van der Waals surface area contributed by atoms with Crippen molar-refractivity contribution in [2.75, 3.05) is 12.1 Å². The number of amides is 1. The van der Waals surface area contributed by atoms with Crippen LogP contribution in [0.1, 0.15) is 15.2 Å². The molecule has 0 radical (unpaired) electrons. The normalized spacial score (nSPS) is 11.3. The maximum atomic E-state index is 13.7. The van der Waals surface area contributed by atoms with Crippen molar-refractivity contribution in [1.29, 1.82) is 0 Å². The van der Waals surface area contributed by atoms with E-state index in [1.165, 1.54) is 28.6 Å². The predicted molar refractivity (Wildman–Crippen MR) is 135 cm³/mol. The number of aromatic nitrogens is 1. The molecule has 5 rings (SSSR count). The van der Waals surface area contributed by atoms with Crippen molar-refractivity contribution >= 4 is 65.9 Å². The zero-order chi connectivity index (χ0) is 23.7. The van der Waals surface area contributed by atoms with Crippen LogP contribution in [0, 0.1) is 10.1 Å². The molecule has 2 aromatic heterocycles. The summed E-state index contributed by atoms with van der Waals surface area (Å²) in [6.45, 7) is 0. The first-order valence-electron chi connectivity index (χ1n) is 10.1. The zero-order valence-corrected chi connectivity index (χ0v) is 19.4. The van der Waals surface area contributed by atoms with Crippen LogP contribution in [0.5, 0.6) is 5.75 Å². The Hall–Kier alpha value is -4.15. The largest absolute Gasteiger partial charge is 0.497 e. The Balaban J connectivity index is 1.60. The summed E-state index contributed by atoms with van der Waals surface area (Å²) >= 11 is 2.28. The third-order valence-electron chi connectivity index (χ3n) is 5.07. The minimum atomic E-state index is -0.456. The Morgan fingerprint density at radius 1 is 1.09 bits per heavy atom. The van der Waals surface area contributed by atoms with E-state index in [1.807, 2.05) is 48.5 Å². The molecule has 0 saturated heterocycles. The summed E-state index contributed by atoms with van der Waals surface area (Å²) < 4.78 is 6.14. The molecule has 0 unspecified atom stereocenters. The second kappa shape index (κ2) is 9.00. The van der Waals surface area contributed by atoms with Crippen molar-refractivity contribution in [3.63, 3.8) is 0 Å². The summed E-state index contributed by atoms with van der Waals surface area (Å²) in [7, 11) is 1.59. The number of fused-ring (bicyclic) bond motifs is 2. The number of benzene rings is 3. The number of hydrazone groups is 1. The highest BCUT2D eigenvalue weighted by atomic mass is 32.1. The highest BCUT2D eigenvalue weighted by molar-refractivity contribution is 7.22. The minimum absolute atomic E-state index is 0.000428. The van der Waals surface area contributed by atoms with Gasteiger partial charge in [0.1, 0.15) is 5.75 Å². The summed E-state index contributed by atoms with van der Waals surface area (Å²) in [6.07, 6.45) is 1.44. The van der Waals surface area contributed by atoms with E-state index in [9.17, 15) is 14.9 Å². The predicted octanol–water partition coefficient (Wildman–Crippen LogP) is 6.11. The molecule has 0 fully saturated rings. The van der Waals surface area contributed by atoms with E-state index in [1.54, 1.807) is 25.3 Å². The summed E-state index contributed by atoms with van der Waals surface area (Å²) in [6, 6.07) is 21.6. The first kappa shape index (κ1) is 21.7. The molecule has 2 heterocycles. The average Bonchev–Trinajstić information content (AvgIpc) is 3.50. The van der Waals surface area contributed by atoms with Crippen LogP contribution >= 0.6 is 22.7 Å². The SMILES string of the molecule is COc1ccc2nc(N(/N=C/c3ccc([N+](=O)[O-])s3)C(=O)c3cccc4ccccc34)sc2c1. The molecule has 34 heavy (non-hydrogen) atoms. The number of nitro groups is 1. The van der Waals surface area contributed by atoms with Crippen molar-refractivity contribution in [3.05, 3.63) is 93.4 Å². The summed E-state index contributed by atoms with van der Waals surface area (Å²) in [5.41, 5.74) is 1.18. The third-order valence-corrected chi connectivity index (χ3v) is 7.04. The number of rotatable bonds is 6. The van der Waals surface area contributed by atoms with Crippen LogP contribution in [0.2, 0.25) is 0 Å². The third kappa shape index (κ3) is 4.12. The number of hydrogen-bond donors (Lipinski definition) is 0. The molecule has 0 aliphatic carbocycles. The molecular formula is C24H16N4O4S2. The van der Waals surface area contributed by atoms with E-state index in [0.717, 1.165) is 26.8 Å². The molecule has 0 N–H and O–H groups in total. The second-order valence-electron chi connectivity index (χ2n) is 7.15. The Morgan fingerprint density at radius 2 is 1.91 bits per heavy atom. The molecule has 168 valence electrons. The topological polar surface area (TPSA) is 97.9 Å². The number of thiophene rings is 1. The van der Waals surface area contributed by atoms with Gasteiger partial charge in [0.15, 0.2) is 0 Å². The smallest absolute Gasteiger partial charge is 0.324 e. The Labute approximate surface area is 201 Å². The van der Waals surface area contributed by atoms with Crippen LogP contribution in [0.25, 0.3) is 21.0 Å². The van der Waals surface area contributed by atoms with Gasteiger partial charge in [-0.05, 0) is 41.1 Å². The minimum Gasteiger partial charge on any atom is -0.497 e. The van der Waals surface area contributed by atoms with Gasteiger partial charge in [-0.3, -0.25) is 14.9 Å².